The minimum absolute atomic E-state index is 0.0493. The lowest BCUT2D eigenvalue weighted by Gasteiger charge is -2.20. The summed E-state index contributed by atoms with van der Waals surface area (Å²) in [7, 11) is -4.50. The molecule has 0 aromatic heterocycles. The fourth-order valence-electron chi connectivity index (χ4n) is 4.70. The summed E-state index contributed by atoms with van der Waals surface area (Å²) in [5.74, 6) is -1.79. The van der Waals surface area contributed by atoms with Crippen molar-refractivity contribution in [2.24, 2.45) is 5.73 Å². The number of nitrogens with two attached hydrogens (primary N) is 1. The SMILES string of the molecule is CC(C)(C)OC(=O)NC(=N)c1ccc([C@@H]2C[C@H](CC(=O)NC[C@H](N)C(=O)OS(=O)(=O)C=C(c3ccccc3)c3ccccc3)ON2)cc1. The number of hydroxylamine groups is 1. The van der Waals surface area contributed by atoms with E-state index in [2.05, 4.69) is 16.1 Å². The molecule has 0 spiro atoms. The van der Waals surface area contributed by atoms with Gasteiger partial charge in [0.1, 0.15) is 17.5 Å². The first-order valence-corrected chi connectivity index (χ1v) is 16.6. The van der Waals surface area contributed by atoms with Crippen LogP contribution in [0.15, 0.2) is 90.3 Å². The van der Waals surface area contributed by atoms with Crippen molar-refractivity contribution in [1.82, 2.24) is 16.1 Å². The Kier molecular flexibility index (Phi) is 11.8. The van der Waals surface area contributed by atoms with Gasteiger partial charge in [0.2, 0.25) is 5.91 Å². The molecule has 1 fully saturated rings. The molecule has 3 aromatic carbocycles. The summed E-state index contributed by atoms with van der Waals surface area (Å²) in [6.45, 7) is 4.84. The smallest absolute Gasteiger partial charge is 0.413 e. The van der Waals surface area contributed by atoms with Crippen molar-refractivity contribution in [3.8, 4) is 0 Å². The maximum atomic E-state index is 12.8. The van der Waals surface area contributed by atoms with Crippen molar-refractivity contribution in [2.45, 2.75) is 57.4 Å². The zero-order valence-corrected chi connectivity index (χ0v) is 27.6. The standard InChI is InChI=1S/C34H39N5O8S/c1-34(2,3)45-33(42)38-31(36)25-16-14-24(15-17-25)29-18-26(46-39-29)19-30(40)37-20-28(35)32(41)47-48(43,44)21-27(22-10-6-4-7-11-22)23-12-8-5-9-13-23/h4-17,21,26,28-29,39H,18-20,35H2,1-3H3,(H,37,40)(H2,36,38,42)/t26-,28+,29+/m1/s1. The van der Waals surface area contributed by atoms with Crippen LogP contribution in [0.4, 0.5) is 4.79 Å². The molecular formula is C34H39N5O8S. The Morgan fingerprint density at radius 2 is 1.56 bits per heavy atom. The van der Waals surface area contributed by atoms with Crippen molar-refractivity contribution < 1.29 is 36.6 Å². The number of hydrogen-bond acceptors (Lipinski definition) is 11. The van der Waals surface area contributed by atoms with Crippen molar-refractivity contribution in [3.63, 3.8) is 0 Å². The first kappa shape index (κ1) is 36.0. The molecule has 3 aromatic rings. The van der Waals surface area contributed by atoms with Crippen LogP contribution < -0.4 is 21.8 Å². The maximum absolute atomic E-state index is 12.8. The summed E-state index contributed by atoms with van der Waals surface area (Å²) >= 11 is 0. The van der Waals surface area contributed by atoms with E-state index in [1.165, 1.54) is 0 Å². The van der Waals surface area contributed by atoms with Gasteiger partial charge in [-0.1, -0.05) is 84.9 Å². The number of carbonyl (C=O) groups is 3. The topological polar surface area (TPSA) is 199 Å². The van der Waals surface area contributed by atoms with Crippen LogP contribution in [0, 0.1) is 5.41 Å². The number of amidine groups is 1. The number of amides is 2. The van der Waals surface area contributed by atoms with Gasteiger partial charge in [-0.25, -0.2) is 9.59 Å². The van der Waals surface area contributed by atoms with Gasteiger partial charge in [0, 0.05) is 17.7 Å². The lowest BCUT2D eigenvalue weighted by molar-refractivity contribution is -0.135. The molecule has 6 N–H and O–H groups in total. The Morgan fingerprint density at radius 3 is 2.12 bits per heavy atom. The third-order valence-corrected chi connectivity index (χ3v) is 7.89. The van der Waals surface area contributed by atoms with E-state index in [1.54, 1.807) is 106 Å². The van der Waals surface area contributed by atoms with E-state index in [1.807, 2.05) is 0 Å². The summed E-state index contributed by atoms with van der Waals surface area (Å²) in [6, 6.07) is 22.8. The average molecular weight is 678 g/mol. The van der Waals surface area contributed by atoms with E-state index in [0.717, 1.165) is 11.0 Å². The molecule has 0 unspecified atom stereocenters. The van der Waals surface area contributed by atoms with E-state index >= 15 is 0 Å². The van der Waals surface area contributed by atoms with Crippen molar-refractivity contribution in [2.75, 3.05) is 6.54 Å². The molecule has 0 aliphatic carbocycles. The monoisotopic (exact) mass is 677 g/mol. The van der Waals surface area contributed by atoms with E-state index in [9.17, 15) is 22.8 Å². The van der Waals surface area contributed by atoms with E-state index in [-0.39, 0.29) is 24.8 Å². The Bertz CT molecular complexity index is 1700. The van der Waals surface area contributed by atoms with E-state index in [4.69, 9.17) is 24.9 Å². The second-order valence-corrected chi connectivity index (χ2v) is 13.4. The van der Waals surface area contributed by atoms with E-state index < -0.39 is 45.8 Å². The fraction of sp³-hybridized carbons (Fsp3) is 0.294. The van der Waals surface area contributed by atoms with Gasteiger partial charge >= 0.3 is 22.2 Å². The minimum Gasteiger partial charge on any atom is -0.444 e. The number of nitrogens with one attached hydrogen (secondary N) is 4. The highest BCUT2D eigenvalue weighted by molar-refractivity contribution is 7.90. The lowest BCUT2D eigenvalue weighted by atomic mass is 9.99. The van der Waals surface area contributed by atoms with Crippen LogP contribution in [0.5, 0.6) is 0 Å². The van der Waals surface area contributed by atoms with Gasteiger partial charge in [-0.15, -0.1) is 0 Å². The molecule has 13 nitrogen and oxygen atoms in total. The minimum atomic E-state index is -4.50. The molecule has 3 atom stereocenters. The molecule has 1 aliphatic rings. The fourth-order valence-corrected chi connectivity index (χ4v) is 5.66. The quantitative estimate of drug-likeness (QED) is 0.113. The maximum Gasteiger partial charge on any atom is 0.413 e. The Hall–Kier alpha value is -4.89. The van der Waals surface area contributed by atoms with Crippen LogP contribution in [-0.4, -0.2) is 56.5 Å². The molecule has 1 saturated heterocycles. The summed E-state index contributed by atoms with van der Waals surface area (Å²) in [4.78, 5) is 42.7. The summed E-state index contributed by atoms with van der Waals surface area (Å²) in [5, 5.41) is 13.9. The molecular weight excluding hydrogens is 638 g/mol. The van der Waals surface area contributed by atoms with Gasteiger partial charge in [0.25, 0.3) is 0 Å². The van der Waals surface area contributed by atoms with Crippen LogP contribution >= 0.6 is 0 Å². The number of rotatable bonds is 11. The highest BCUT2D eigenvalue weighted by atomic mass is 32.2. The van der Waals surface area contributed by atoms with Crippen LogP contribution in [0.25, 0.3) is 5.57 Å². The molecule has 48 heavy (non-hydrogen) atoms. The number of alkyl carbamates (subject to hydrolysis) is 1. The molecule has 1 aliphatic heterocycles. The first-order valence-electron chi connectivity index (χ1n) is 15.1. The van der Waals surface area contributed by atoms with Crippen LogP contribution in [0.1, 0.15) is 61.9 Å². The van der Waals surface area contributed by atoms with Crippen molar-refractivity contribution in [3.05, 3.63) is 113 Å². The molecule has 0 saturated carbocycles. The van der Waals surface area contributed by atoms with Gasteiger partial charge in [-0.3, -0.25) is 20.4 Å². The number of ether oxygens (including phenoxy) is 1. The third kappa shape index (κ3) is 10.8. The predicted molar refractivity (Wildman–Crippen MR) is 179 cm³/mol. The second-order valence-electron chi connectivity index (χ2n) is 12.0. The Morgan fingerprint density at radius 1 is 0.979 bits per heavy atom. The average Bonchev–Trinajstić information content (AvgIpc) is 3.50. The summed E-state index contributed by atoms with van der Waals surface area (Å²) in [6.07, 6.45) is -0.818. The third-order valence-electron chi connectivity index (χ3n) is 6.97. The Labute approximate surface area is 279 Å². The van der Waals surface area contributed by atoms with Gasteiger partial charge in [0.05, 0.1) is 24.0 Å². The zero-order valence-electron chi connectivity index (χ0n) is 26.8. The lowest BCUT2D eigenvalue weighted by Crippen LogP contribution is -2.44. The summed E-state index contributed by atoms with van der Waals surface area (Å²) < 4.78 is 35.6. The zero-order chi connectivity index (χ0) is 34.9. The van der Waals surface area contributed by atoms with Gasteiger partial charge in [-0.05, 0) is 43.9 Å². The molecule has 0 bridgehead atoms. The predicted octanol–water partition coefficient (Wildman–Crippen LogP) is 3.67. The van der Waals surface area contributed by atoms with Gasteiger partial charge in [0.15, 0.2) is 0 Å². The molecule has 254 valence electrons. The molecule has 0 radical (unpaired) electrons. The van der Waals surface area contributed by atoms with Gasteiger partial charge in [-0.2, -0.15) is 13.9 Å². The molecule has 2 amide bonds. The van der Waals surface area contributed by atoms with Crippen LogP contribution in [0.2, 0.25) is 0 Å². The van der Waals surface area contributed by atoms with Gasteiger partial charge < -0.3 is 20.0 Å². The number of carbonyl (C=O) groups excluding carboxylic acids is 3. The highest BCUT2D eigenvalue weighted by Gasteiger charge is 2.29. The van der Waals surface area contributed by atoms with Crippen LogP contribution in [-0.2, 0) is 33.5 Å². The number of hydrogen-bond donors (Lipinski definition) is 5. The van der Waals surface area contributed by atoms with Crippen LogP contribution in [0.3, 0.4) is 0 Å². The normalized spacial score (nSPS) is 16.7. The second kappa shape index (κ2) is 15.8. The summed E-state index contributed by atoms with van der Waals surface area (Å²) in [5.41, 5.74) is 10.9. The molecule has 1 heterocycles. The number of benzene rings is 3. The highest BCUT2D eigenvalue weighted by Crippen LogP contribution is 2.27. The first-order chi connectivity index (χ1) is 22.7. The largest absolute Gasteiger partial charge is 0.444 e. The van der Waals surface area contributed by atoms with Crippen molar-refractivity contribution in [1.29, 1.82) is 5.41 Å². The Balaban J connectivity index is 1.25. The van der Waals surface area contributed by atoms with Crippen molar-refractivity contribution >= 4 is 39.5 Å². The van der Waals surface area contributed by atoms with E-state index in [0.29, 0.717) is 28.7 Å². The molecule has 14 heteroatoms. The molecule has 4 rings (SSSR count).